The molecule has 0 spiro atoms. The molecule has 2 N–H and O–H groups in total. The number of benzene rings is 1. The number of carbonyl (C=O) groups excluding carboxylic acids is 1. The third-order valence-electron chi connectivity index (χ3n) is 4.73. The number of rotatable bonds is 6. The number of anilines is 2. The zero-order valence-electron chi connectivity index (χ0n) is 15.8. The number of amides is 1. The van der Waals surface area contributed by atoms with Crippen molar-refractivity contribution in [2.75, 3.05) is 24.9 Å². The summed E-state index contributed by atoms with van der Waals surface area (Å²) in [6, 6.07) is 9.05. The number of hydrogen-bond donors (Lipinski definition) is 2. The van der Waals surface area contributed by atoms with Crippen LogP contribution in [0.2, 0.25) is 0 Å². The minimum atomic E-state index is -0.300. The van der Waals surface area contributed by atoms with Crippen LogP contribution in [0, 0.1) is 0 Å². The van der Waals surface area contributed by atoms with Crippen molar-refractivity contribution in [1.29, 1.82) is 0 Å². The molecule has 1 heterocycles. The van der Waals surface area contributed by atoms with Crippen LogP contribution in [0.15, 0.2) is 30.3 Å². The lowest BCUT2D eigenvalue weighted by Gasteiger charge is -2.16. The van der Waals surface area contributed by atoms with Gasteiger partial charge in [0, 0.05) is 17.7 Å². The molecule has 1 aromatic carbocycles. The lowest BCUT2D eigenvalue weighted by atomic mass is 10.1. The number of nitrogens with zero attached hydrogens (tertiary/aromatic N) is 2. The fourth-order valence-corrected chi connectivity index (χ4v) is 3.24. The van der Waals surface area contributed by atoms with Gasteiger partial charge in [-0.3, -0.25) is 4.79 Å². The van der Waals surface area contributed by atoms with E-state index in [9.17, 15) is 4.79 Å². The van der Waals surface area contributed by atoms with Crippen LogP contribution in [0.4, 0.5) is 11.6 Å². The molecule has 1 aliphatic rings. The first-order chi connectivity index (χ1) is 13.2. The molecular formula is C20H26N4O3. The van der Waals surface area contributed by atoms with Gasteiger partial charge < -0.3 is 20.1 Å². The number of nitrogens with one attached hydrogen (secondary N) is 2. The van der Waals surface area contributed by atoms with Gasteiger partial charge in [-0.05, 0) is 37.1 Å². The molecule has 1 aliphatic carbocycles. The maximum absolute atomic E-state index is 12.5. The average molecular weight is 370 g/mol. The van der Waals surface area contributed by atoms with Gasteiger partial charge in [-0.25, -0.2) is 0 Å². The van der Waals surface area contributed by atoms with E-state index in [2.05, 4.69) is 20.8 Å². The van der Waals surface area contributed by atoms with Crippen LogP contribution in [0.1, 0.15) is 48.9 Å². The molecule has 0 unspecified atom stereocenters. The number of ether oxygens (including phenoxy) is 2. The second-order valence-corrected chi connectivity index (χ2v) is 6.69. The fourth-order valence-electron chi connectivity index (χ4n) is 3.24. The monoisotopic (exact) mass is 370 g/mol. The summed E-state index contributed by atoms with van der Waals surface area (Å²) in [5.74, 6) is 1.93. The molecule has 27 heavy (non-hydrogen) atoms. The highest BCUT2D eigenvalue weighted by Crippen LogP contribution is 2.23. The van der Waals surface area contributed by atoms with E-state index in [4.69, 9.17) is 9.47 Å². The third-order valence-corrected chi connectivity index (χ3v) is 4.73. The summed E-state index contributed by atoms with van der Waals surface area (Å²) in [7, 11) is 3.09. The van der Waals surface area contributed by atoms with Crippen molar-refractivity contribution in [1.82, 2.24) is 10.2 Å². The van der Waals surface area contributed by atoms with Gasteiger partial charge in [-0.1, -0.05) is 25.7 Å². The summed E-state index contributed by atoms with van der Waals surface area (Å²) in [6.07, 6.45) is 7.45. The first-order valence-corrected chi connectivity index (χ1v) is 9.32. The number of aromatic nitrogens is 2. The van der Waals surface area contributed by atoms with Crippen molar-refractivity contribution in [2.24, 2.45) is 0 Å². The first kappa shape index (κ1) is 18.9. The van der Waals surface area contributed by atoms with Crippen LogP contribution in [0.5, 0.6) is 11.5 Å². The Hall–Kier alpha value is -2.83. The Labute approximate surface area is 159 Å². The van der Waals surface area contributed by atoms with Crippen molar-refractivity contribution in [3.8, 4) is 11.5 Å². The Morgan fingerprint density at radius 2 is 1.52 bits per heavy atom. The molecule has 1 amide bonds. The van der Waals surface area contributed by atoms with Crippen molar-refractivity contribution in [3.63, 3.8) is 0 Å². The minimum absolute atomic E-state index is 0.300. The number of carbonyl (C=O) groups is 1. The van der Waals surface area contributed by atoms with Crippen molar-refractivity contribution in [3.05, 3.63) is 35.9 Å². The van der Waals surface area contributed by atoms with E-state index in [1.807, 2.05) is 6.07 Å². The highest BCUT2D eigenvalue weighted by Gasteiger charge is 2.14. The molecule has 0 radical (unpaired) electrons. The fraction of sp³-hybridized carbons (Fsp3) is 0.450. The van der Waals surface area contributed by atoms with E-state index < -0.39 is 0 Å². The van der Waals surface area contributed by atoms with E-state index >= 15 is 0 Å². The summed E-state index contributed by atoms with van der Waals surface area (Å²) >= 11 is 0. The Kier molecular flexibility index (Phi) is 6.46. The summed E-state index contributed by atoms with van der Waals surface area (Å²) in [6.45, 7) is 0. The second-order valence-electron chi connectivity index (χ2n) is 6.69. The zero-order valence-corrected chi connectivity index (χ0v) is 15.8. The van der Waals surface area contributed by atoms with Crippen LogP contribution < -0.4 is 20.1 Å². The topological polar surface area (TPSA) is 85.4 Å². The van der Waals surface area contributed by atoms with Gasteiger partial charge in [0.2, 0.25) is 0 Å². The minimum Gasteiger partial charge on any atom is -0.497 e. The molecule has 1 fully saturated rings. The quantitative estimate of drug-likeness (QED) is 0.751. The Bertz CT molecular complexity index is 734. The molecule has 1 aromatic heterocycles. The van der Waals surface area contributed by atoms with Crippen LogP contribution in [0.25, 0.3) is 0 Å². The molecule has 3 rings (SSSR count). The van der Waals surface area contributed by atoms with Gasteiger partial charge >= 0.3 is 0 Å². The van der Waals surface area contributed by atoms with Crippen LogP contribution in [-0.2, 0) is 0 Å². The molecule has 0 saturated heterocycles. The molecule has 2 aromatic rings. The van der Waals surface area contributed by atoms with Gasteiger partial charge in [0.1, 0.15) is 17.3 Å². The lowest BCUT2D eigenvalue weighted by Crippen LogP contribution is -2.19. The van der Waals surface area contributed by atoms with E-state index in [-0.39, 0.29) is 5.91 Å². The summed E-state index contributed by atoms with van der Waals surface area (Å²) in [5.41, 5.74) is 0.425. The van der Waals surface area contributed by atoms with Crippen molar-refractivity contribution >= 4 is 17.5 Å². The molecule has 0 bridgehead atoms. The maximum Gasteiger partial charge on any atom is 0.257 e. The predicted octanol–water partition coefficient (Wildman–Crippen LogP) is 3.88. The lowest BCUT2D eigenvalue weighted by molar-refractivity contribution is 0.102. The first-order valence-electron chi connectivity index (χ1n) is 9.32. The maximum atomic E-state index is 12.5. The molecule has 7 nitrogen and oxygen atoms in total. The largest absolute Gasteiger partial charge is 0.497 e. The standard InChI is InChI=1S/C20H26N4O3/c1-26-16-11-14(12-17(13-16)27-2)20(25)22-19-10-9-18(23-24-19)21-15-7-5-3-4-6-8-15/h9-13,15H,3-8H2,1-2H3,(H,21,23)(H,22,24,25). The zero-order chi connectivity index (χ0) is 19.1. The highest BCUT2D eigenvalue weighted by atomic mass is 16.5. The Morgan fingerprint density at radius 1 is 0.926 bits per heavy atom. The van der Waals surface area contributed by atoms with Crippen LogP contribution in [0.3, 0.4) is 0 Å². The number of methoxy groups -OCH3 is 2. The van der Waals surface area contributed by atoms with Crippen molar-refractivity contribution < 1.29 is 14.3 Å². The predicted molar refractivity (Wildman–Crippen MR) is 105 cm³/mol. The van der Waals surface area contributed by atoms with Gasteiger partial charge in [-0.15, -0.1) is 10.2 Å². The smallest absolute Gasteiger partial charge is 0.257 e. The molecule has 1 saturated carbocycles. The van der Waals surface area contributed by atoms with E-state index in [0.29, 0.717) is 28.9 Å². The van der Waals surface area contributed by atoms with Crippen LogP contribution in [-0.4, -0.2) is 36.4 Å². The normalized spacial score (nSPS) is 14.9. The van der Waals surface area contributed by atoms with E-state index in [1.165, 1.54) is 25.7 Å². The van der Waals surface area contributed by atoms with Gasteiger partial charge in [0.15, 0.2) is 5.82 Å². The Balaban J connectivity index is 1.63. The Morgan fingerprint density at radius 3 is 2.07 bits per heavy atom. The van der Waals surface area contributed by atoms with E-state index in [0.717, 1.165) is 18.7 Å². The second kappa shape index (κ2) is 9.21. The van der Waals surface area contributed by atoms with Gasteiger partial charge in [0.05, 0.1) is 14.2 Å². The van der Waals surface area contributed by atoms with Gasteiger partial charge in [-0.2, -0.15) is 0 Å². The highest BCUT2D eigenvalue weighted by molar-refractivity contribution is 6.04. The van der Waals surface area contributed by atoms with Gasteiger partial charge in [0.25, 0.3) is 5.91 Å². The summed E-state index contributed by atoms with van der Waals surface area (Å²) in [4.78, 5) is 12.5. The third kappa shape index (κ3) is 5.32. The van der Waals surface area contributed by atoms with E-state index in [1.54, 1.807) is 38.5 Å². The van der Waals surface area contributed by atoms with Crippen LogP contribution >= 0.6 is 0 Å². The molecule has 7 heteroatoms. The SMILES string of the molecule is COc1cc(OC)cc(C(=O)Nc2ccc(NC3CCCCCC3)nn2)c1. The molecule has 144 valence electrons. The molecule has 0 atom stereocenters. The summed E-state index contributed by atoms with van der Waals surface area (Å²) in [5, 5.41) is 14.5. The molecular weight excluding hydrogens is 344 g/mol. The average Bonchev–Trinajstić information content (AvgIpc) is 2.97. The molecule has 0 aliphatic heterocycles. The van der Waals surface area contributed by atoms with Crippen molar-refractivity contribution in [2.45, 2.75) is 44.6 Å². The number of hydrogen-bond acceptors (Lipinski definition) is 6. The summed E-state index contributed by atoms with van der Waals surface area (Å²) < 4.78 is 10.4.